The van der Waals surface area contributed by atoms with Gasteiger partial charge in [0.1, 0.15) is 12.4 Å². The van der Waals surface area contributed by atoms with Gasteiger partial charge in [-0.1, -0.05) is 30.3 Å². The minimum Gasteiger partial charge on any atom is -0.489 e. The Morgan fingerprint density at radius 3 is 2.37 bits per heavy atom. The molecule has 0 heterocycles. The zero-order valence-corrected chi connectivity index (χ0v) is 10.5. The van der Waals surface area contributed by atoms with Crippen molar-refractivity contribution < 1.29 is 9.53 Å². The summed E-state index contributed by atoms with van der Waals surface area (Å²) in [6.45, 7) is 0.868. The predicted octanol–water partition coefficient (Wildman–Crippen LogP) is 1.82. The summed E-state index contributed by atoms with van der Waals surface area (Å²) >= 11 is 0. The summed E-state index contributed by atoms with van der Waals surface area (Å²) in [5.41, 5.74) is 13.3. The van der Waals surface area contributed by atoms with Crippen molar-refractivity contribution in [3.8, 4) is 5.75 Å². The van der Waals surface area contributed by atoms with E-state index >= 15 is 0 Å². The summed E-state index contributed by atoms with van der Waals surface area (Å²) in [5.74, 6) is 0.352. The Bertz CT molecular complexity index is 565. The summed E-state index contributed by atoms with van der Waals surface area (Å²) in [5, 5.41) is 0. The molecule has 0 radical (unpaired) electrons. The van der Waals surface area contributed by atoms with Gasteiger partial charge < -0.3 is 16.2 Å². The van der Waals surface area contributed by atoms with Crippen molar-refractivity contribution in [2.24, 2.45) is 11.5 Å². The lowest BCUT2D eigenvalue weighted by Gasteiger charge is -2.10. The molecule has 4 heteroatoms. The zero-order chi connectivity index (χ0) is 13.7. The molecule has 98 valence electrons. The van der Waals surface area contributed by atoms with E-state index in [1.165, 1.54) is 0 Å². The Morgan fingerprint density at radius 2 is 1.74 bits per heavy atom. The molecule has 0 aromatic heterocycles. The lowest BCUT2D eigenvalue weighted by atomic mass is 10.1. The topological polar surface area (TPSA) is 78.3 Å². The first-order chi connectivity index (χ1) is 9.20. The van der Waals surface area contributed by atoms with Gasteiger partial charge in [-0.25, -0.2) is 0 Å². The van der Waals surface area contributed by atoms with Gasteiger partial charge in [0.15, 0.2) is 0 Å². The lowest BCUT2D eigenvalue weighted by Crippen LogP contribution is -2.10. The number of primary amides is 1. The second kappa shape index (κ2) is 6.02. The Morgan fingerprint density at radius 1 is 1.05 bits per heavy atom. The van der Waals surface area contributed by atoms with Gasteiger partial charge >= 0.3 is 0 Å². The smallest absolute Gasteiger partial charge is 0.248 e. The van der Waals surface area contributed by atoms with E-state index in [2.05, 4.69) is 0 Å². The monoisotopic (exact) mass is 256 g/mol. The number of amides is 1. The van der Waals surface area contributed by atoms with Crippen LogP contribution in [0.25, 0.3) is 0 Å². The first-order valence-corrected chi connectivity index (χ1v) is 6.00. The normalized spacial score (nSPS) is 10.2. The zero-order valence-electron chi connectivity index (χ0n) is 10.5. The summed E-state index contributed by atoms with van der Waals surface area (Å²) < 4.78 is 5.72. The third-order valence-electron chi connectivity index (χ3n) is 2.83. The van der Waals surface area contributed by atoms with Crippen molar-refractivity contribution in [3.63, 3.8) is 0 Å². The van der Waals surface area contributed by atoms with Gasteiger partial charge in [0.05, 0.1) is 0 Å². The predicted molar refractivity (Wildman–Crippen MR) is 73.6 cm³/mol. The Labute approximate surface area is 112 Å². The van der Waals surface area contributed by atoms with Crippen LogP contribution in [0.3, 0.4) is 0 Å². The number of carbonyl (C=O) groups excluding carboxylic acids is 1. The molecule has 0 aliphatic rings. The molecule has 0 aliphatic carbocycles. The SMILES string of the molecule is NCc1ccccc1OCc1ccc(C(N)=O)cc1. The van der Waals surface area contributed by atoms with E-state index in [-0.39, 0.29) is 0 Å². The molecule has 2 rings (SSSR count). The second-order valence-electron chi connectivity index (χ2n) is 4.16. The quantitative estimate of drug-likeness (QED) is 0.856. The van der Waals surface area contributed by atoms with Crippen LogP contribution in [0.4, 0.5) is 0 Å². The highest BCUT2D eigenvalue weighted by atomic mass is 16.5. The van der Waals surface area contributed by atoms with E-state index < -0.39 is 5.91 Å². The van der Waals surface area contributed by atoms with Crippen molar-refractivity contribution >= 4 is 5.91 Å². The van der Waals surface area contributed by atoms with Crippen molar-refractivity contribution in [3.05, 3.63) is 65.2 Å². The van der Waals surface area contributed by atoms with Crippen LogP contribution in [-0.4, -0.2) is 5.91 Å². The van der Waals surface area contributed by atoms with E-state index in [0.717, 1.165) is 16.9 Å². The maximum atomic E-state index is 11.0. The molecule has 0 saturated carbocycles. The first-order valence-electron chi connectivity index (χ1n) is 6.00. The minimum absolute atomic E-state index is 0.427. The molecular weight excluding hydrogens is 240 g/mol. The highest BCUT2D eigenvalue weighted by Gasteiger charge is 2.03. The van der Waals surface area contributed by atoms with Crippen LogP contribution >= 0.6 is 0 Å². The standard InChI is InChI=1S/C15H16N2O2/c16-9-13-3-1-2-4-14(13)19-10-11-5-7-12(8-6-11)15(17)18/h1-8H,9-10,16H2,(H2,17,18). The summed E-state index contributed by atoms with van der Waals surface area (Å²) in [6, 6.07) is 14.7. The number of rotatable bonds is 5. The highest BCUT2D eigenvalue weighted by Crippen LogP contribution is 2.18. The molecule has 4 N–H and O–H groups in total. The fourth-order valence-electron chi connectivity index (χ4n) is 1.74. The molecule has 0 bridgehead atoms. The van der Waals surface area contributed by atoms with Crippen molar-refractivity contribution in [1.82, 2.24) is 0 Å². The maximum absolute atomic E-state index is 11.0. The molecule has 0 atom stereocenters. The van der Waals surface area contributed by atoms with Crippen molar-refractivity contribution in [2.75, 3.05) is 0 Å². The molecular formula is C15H16N2O2. The van der Waals surface area contributed by atoms with Crippen LogP contribution < -0.4 is 16.2 Å². The molecule has 0 spiro atoms. The van der Waals surface area contributed by atoms with Gasteiger partial charge in [0.2, 0.25) is 5.91 Å². The number of nitrogens with two attached hydrogens (primary N) is 2. The summed E-state index contributed by atoms with van der Waals surface area (Å²) in [7, 11) is 0. The third-order valence-corrected chi connectivity index (χ3v) is 2.83. The van der Waals surface area contributed by atoms with Crippen molar-refractivity contribution in [2.45, 2.75) is 13.2 Å². The molecule has 2 aromatic rings. The average molecular weight is 256 g/mol. The van der Waals surface area contributed by atoms with E-state index in [1.807, 2.05) is 36.4 Å². The van der Waals surface area contributed by atoms with Gasteiger partial charge in [-0.15, -0.1) is 0 Å². The molecule has 2 aromatic carbocycles. The van der Waals surface area contributed by atoms with Gasteiger partial charge in [0.25, 0.3) is 0 Å². The number of benzene rings is 2. The highest BCUT2D eigenvalue weighted by molar-refractivity contribution is 5.92. The molecule has 0 fully saturated rings. The van der Waals surface area contributed by atoms with Gasteiger partial charge in [-0.3, -0.25) is 4.79 Å². The molecule has 0 saturated heterocycles. The molecule has 19 heavy (non-hydrogen) atoms. The largest absolute Gasteiger partial charge is 0.489 e. The fraction of sp³-hybridized carbons (Fsp3) is 0.133. The number of carbonyl (C=O) groups is 1. The van der Waals surface area contributed by atoms with Gasteiger partial charge in [-0.05, 0) is 23.8 Å². The van der Waals surface area contributed by atoms with E-state index in [9.17, 15) is 4.79 Å². The first kappa shape index (κ1) is 13.1. The average Bonchev–Trinajstić information content (AvgIpc) is 2.45. The Hall–Kier alpha value is -2.33. The van der Waals surface area contributed by atoms with E-state index in [1.54, 1.807) is 12.1 Å². The fourth-order valence-corrected chi connectivity index (χ4v) is 1.74. The number of hydrogen-bond donors (Lipinski definition) is 2. The minimum atomic E-state index is -0.430. The summed E-state index contributed by atoms with van der Waals surface area (Å²) in [4.78, 5) is 11.0. The molecule has 0 unspecified atom stereocenters. The maximum Gasteiger partial charge on any atom is 0.248 e. The van der Waals surface area contributed by atoms with Crippen LogP contribution in [0.15, 0.2) is 48.5 Å². The number of ether oxygens (including phenoxy) is 1. The molecule has 1 amide bonds. The molecule has 0 aliphatic heterocycles. The van der Waals surface area contributed by atoms with Crippen LogP contribution in [0, 0.1) is 0 Å². The third kappa shape index (κ3) is 3.33. The van der Waals surface area contributed by atoms with Gasteiger partial charge in [0, 0.05) is 17.7 Å². The second-order valence-corrected chi connectivity index (χ2v) is 4.16. The number of para-hydroxylation sites is 1. The van der Waals surface area contributed by atoms with Gasteiger partial charge in [-0.2, -0.15) is 0 Å². The van der Waals surface area contributed by atoms with Crippen LogP contribution in [0.2, 0.25) is 0 Å². The van der Waals surface area contributed by atoms with Crippen LogP contribution in [-0.2, 0) is 13.2 Å². The number of hydrogen-bond acceptors (Lipinski definition) is 3. The Kier molecular flexibility index (Phi) is 4.15. The van der Waals surface area contributed by atoms with Crippen LogP contribution in [0.5, 0.6) is 5.75 Å². The van der Waals surface area contributed by atoms with Crippen LogP contribution in [0.1, 0.15) is 21.5 Å². The summed E-state index contributed by atoms with van der Waals surface area (Å²) in [6.07, 6.45) is 0. The van der Waals surface area contributed by atoms with E-state index in [4.69, 9.17) is 16.2 Å². The molecule has 4 nitrogen and oxygen atoms in total. The Balaban J connectivity index is 2.04. The lowest BCUT2D eigenvalue weighted by molar-refractivity contribution is 0.1000. The van der Waals surface area contributed by atoms with E-state index in [0.29, 0.717) is 18.7 Å². The van der Waals surface area contributed by atoms with Crippen molar-refractivity contribution in [1.29, 1.82) is 0 Å².